The van der Waals surface area contributed by atoms with Gasteiger partial charge < -0.3 is 9.72 Å². The molecule has 3 heterocycles. The molecule has 2 aromatic rings. The van der Waals surface area contributed by atoms with E-state index in [1.807, 2.05) is 4.40 Å². The Morgan fingerprint density at radius 1 is 1.41 bits per heavy atom. The minimum Gasteiger partial charge on any atom is -0.317 e. The van der Waals surface area contributed by atoms with Crippen LogP contribution in [0.15, 0.2) is 24.5 Å². The molecule has 0 spiro atoms. The number of rotatable bonds is 2. The van der Waals surface area contributed by atoms with Gasteiger partial charge in [-0.25, -0.2) is 9.37 Å². The summed E-state index contributed by atoms with van der Waals surface area (Å²) < 4.78 is 15.0. The Kier molecular flexibility index (Phi) is 2.81. The third-order valence-electron chi connectivity index (χ3n) is 3.50. The Balaban J connectivity index is 1.84. The summed E-state index contributed by atoms with van der Waals surface area (Å²) in [6.45, 7) is 2.20. The van der Waals surface area contributed by atoms with Crippen LogP contribution in [0.5, 0.6) is 0 Å². The summed E-state index contributed by atoms with van der Waals surface area (Å²) in [5.41, 5.74) is 0.842. The quantitative estimate of drug-likeness (QED) is 0.859. The van der Waals surface area contributed by atoms with Crippen molar-refractivity contribution in [2.75, 3.05) is 13.1 Å². The first-order valence-electron chi connectivity index (χ1n) is 6.15. The van der Waals surface area contributed by atoms with E-state index in [4.69, 9.17) is 0 Å². The molecule has 1 N–H and O–H groups in total. The summed E-state index contributed by atoms with van der Waals surface area (Å²) in [6, 6.07) is 3.01. The molecular weight excluding hydrogens is 217 g/mol. The molecule has 0 radical (unpaired) electrons. The highest BCUT2D eigenvalue weighted by Gasteiger charge is 2.16. The summed E-state index contributed by atoms with van der Waals surface area (Å²) in [5.74, 6) is 1.55. The van der Waals surface area contributed by atoms with Crippen LogP contribution < -0.4 is 5.32 Å². The molecule has 0 aliphatic carbocycles. The number of hydrogen-bond donors (Lipinski definition) is 1. The Labute approximate surface area is 99.7 Å². The van der Waals surface area contributed by atoms with Gasteiger partial charge in [0.05, 0.1) is 11.7 Å². The Morgan fingerprint density at radius 2 is 2.24 bits per heavy atom. The SMILES string of the molecule is Fc1ccn2c(CC3CCNCC3)ncc2c1. The van der Waals surface area contributed by atoms with Crippen LogP contribution in [0.3, 0.4) is 0 Å². The molecule has 3 nitrogen and oxygen atoms in total. The average molecular weight is 233 g/mol. The lowest BCUT2D eigenvalue weighted by Crippen LogP contribution is -2.29. The predicted octanol–water partition coefficient (Wildman–Crippen LogP) is 2.02. The number of pyridine rings is 1. The fourth-order valence-electron chi connectivity index (χ4n) is 2.52. The van der Waals surface area contributed by atoms with E-state index in [1.165, 1.54) is 25.0 Å². The Hall–Kier alpha value is -1.42. The summed E-state index contributed by atoms with van der Waals surface area (Å²) >= 11 is 0. The highest BCUT2D eigenvalue weighted by atomic mass is 19.1. The molecule has 0 unspecified atom stereocenters. The number of aromatic nitrogens is 2. The van der Waals surface area contributed by atoms with E-state index in [0.717, 1.165) is 30.9 Å². The molecule has 90 valence electrons. The summed E-state index contributed by atoms with van der Waals surface area (Å²) in [7, 11) is 0. The molecule has 0 amide bonds. The van der Waals surface area contributed by atoms with Crippen LogP contribution in [0.25, 0.3) is 5.52 Å². The first-order valence-corrected chi connectivity index (χ1v) is 6.15. The predicted molar refractivity (Wildman–Crippen MR) is 64.4 cm³/mol. The first-order chi connectivity index (χ1) is 8.33. The lowest BCUT2D eigenvalue weighted by Gasteiger charge is -2.21. The van der Waals surface area contributed by atoms with Gasteiger partial charge in [0.15, 0.2) is 0 Å². The van der Waals surface area contributed by atoms with Crippen LogP contribution in [-0.2, 0) is 6.42 Å². The smallest absolute Gasteiger partial charge is 0.126 e. The van der Waals surface area contributed by atoms with Gasteiger partial charge in [0, 0.05) is 12.6 Å². The lowest BCUT2D eigenvalue weighted by atomic mass is 9.94. The van der Waals surface area contributed by atoms with Crippen LogP contribution in [-0.4, -0.2) is 22.5 Å². The molecule has 2 aromatic heterocycles. The zero-order valence-corrected chi connectivity index (χ0v) is 9.69. The van der Waals surface area contributed by atoms with Crippen molar-refractivity contribution in [1.82, 2.24) is 14.7 Å². The normalized spacial score (nSPS) is 17.7. The maximum atomic E-state index is 13.1. The Morgan fingerprint density at radius 3 is 3.06 bits per heavy atom. The second kappa shape index (κ2) is 4.45. The highest BCUT2D eigenvalue weighted by Crippen LogP contribution is 2.18. The van der Waals surface area contributed by atoms with Crippen molar-refractivity contribution in [3.63, 3.8) is 0 Å². The van der Waals surface area contributed by atoms with E-state index < -0.39 is 0 Å². The van der Waals surface area contributed by atoms with Crippen molar-refractivity contribution in [2.24, 2.45) is 5.92 Å². The number of hydrogen-bond acceptors (Lipinski definition) is 2. The monoisotopic (exact) mass is 233 g/mol. The maximum Gasteiger partial charge on any atom is 0.126 e. The van der Waals surface area contributed by atoms with E-state index in [9.17, 15) is 4.39 Å². The summed E-state index contributed by atoms with van der Waals surface area (Å²) in [4.78, 5) is 4.41. The number of piperidine rings is 1. The summed E-state index contributed by atoms with van der Waals surface area (Å²) in [5, 5.41) is 3.36. The van der Waals surface area contributed by atoms with Gasteiger partial charge in [-0.2, -0.15) is 0 Å². The number of halogens is 1. The molecule has 17 heavy (non-hydrogen) atoms. The third kappa shape index (κ3) is 2.17. The first kappa shape index (κ1) is 10.7. The van der Waals surface area contributed by atoms with E-state index in [1.54, 1.807) is 12.4 Å². The minimum atomic E-state index is -0.203. The van der Waals surface area contributed by atoms with Gasteiger partial charge in [-0.15, -0.1) is 0 Å². The largest absolute Gasteiger partial charge is 0.317 e. The zero-order chi connectivity index (χ0) is 11.7. The van der Waals surface area contributed by atoms with Crippen molar-refractivity contribution in [3.8, 4) is 0 Å². The van der Waals surface area contributed by atoms with Crippen LogP contribution >= 0.6 is 0 Å². The molecule has 0 saturated carbocycles. The molecule has 4 heteroatoms. The number of nitrogens with one attached hydrogen (secondary N) is 1. The molecule has 0 aromatic carbocycles. The molecule has 1 saturated heterocycles. The molecule has 0 bridgehead atoms. The van der Waals surface area contributed by atoms with Gasteiger partial charge in [0.1, 0.15) is 11.6 Å². The Bertz CT molecular complexity index is 514. The topological polar surface area (TPSA) is 29.3 Å². The molecule has 3 rings (SSSR count). The number of imidazole rings is 1. The number of fused-ring (bicyclic) bond motifs is 1. The third-order valence-corrected chi connectivity index (χ3v) is 3.50. The van der Waals surface area contributed by atoms with Gasteiger partial charge in [-0.3, -0.25) is 0 Å². The van der Waals surface area contributed by atoms with Gasteiger partial charge in [0.2, 0.25) is 0 Å². The van der Waals surface area contributed by atoms with E-state index >= 15 is 0 Å². The molecule has 1 aliphatic rings. The zero-order valence-electron chi connectivity index (χ0n) is 9.69. The average Bonchev–Trinajstić information content (AvgIpc) is 2.73. The van der Waals surface area contributed by atoms with Crippen molar-refractivity contribution >= 4 is 5.52 Å². The van der Waals surface area contributed by atoms with Gasteiger partial charge in [-0.1, -0.05) is 0 Å². The second-order valence-corrected chi connectivity index (χ2v) is 4.71. The van der Waals surface area contributed by atoms with E-state index in [2.05, 4.69) is 10.3 Å². The number of nitrogens with zero attached hydrogens (tertiary/aromatic N) is 2. The molecule has 0 atom stereocenters. The van der Waals surface area contributed by atoms with Gasteiger partial charge in [0.25, 0.3) is 0 Å². The van der Waals surface area contributed by atoms with Gasteiger partial charge >= 0.3 is 0 Å². The van der Waals surface area contributed by atoms with Crippen molar-refractivity contribution in [3.05, 3.63) is 36.2 Å². The fraction of sp³-hybridized carbons (Fsp3) is 0.462. The van der Waals surface area contributed by atoms with Crippen LogP contribution in [0.2, 0.25) is 0 Å². The van der Waals surface area contributed by atoms with Crippen molar-refractivity contribution < 1.29 is 4.39 Å². The van der Waals surface area contributed by atoms with E-state index in [-0.39, 0.29) is 5.82 Å². The fourth-order valence-corrected chi connectivity index (χ4v) is 2.52. The van der Waals surface area contributed by atoms with E-state index in [0.29, 0.717) is 5.92 Å². The molecular formula is C13H16FN3. The minimum absolute atomic E-state index is 0.203. The highest BCUT2D eigenvalue weighted by molar-refractivity contribution is 5.46. The maximum absolute atomic E-state index is 13.1. The van der Waals surface area contributed by atoms with Crippen LogP contribution in [0.1, 0.15) is 18.7 Å². The van der Waals surface area contributed by atoms with Crippen molar-refractivity contribution in [1.29, 1.82) is 0 Å². The lowest BCUT2D eigenvalue weighted by molar-refractivity contribution is 0.367. The van der Waals surface area contributed by atoms with Crippen molar-refractivity contribution in [2.45, 2.75) is 19.3 Å². The molecule has 1 fully saturated rings. The molecule has 1 aliphatic heterocycles. The van der Waals surface area contributed by atoms with Crippen LogP contribution in [0, 0.1) is 11.7 Å². The van der Waals surface area contributed by atoms with Gasteiger partial charge in [-0.05, 0) is 44.0 Å². The van der Waals surface area contributed by atoms with Crippen LogP contribution in [0.4, 0.5) is 4.39 Å². The summed E-state index contributed by atoms with van der Waals surface area (Å²) in [6.07, 6.45) is 6.92. The standard InChI is InChI=1S/C13H16FN3/c14-11-3-6-17-12(8-11)9-16-13(17)7-10-1-4-15-5-2-10/h3,6,8-10,15H,1-2,4-5,7H2. The second-order valence-electron chi connectivity index (χ2n) is 4.71.